The molecule has 1 aliphatic carbocycles. The molecule has 0 saturated heterocycles. The smallest absolute Gasteiger partial charge is 0.161 e. The number of hydrogen-bond acceptors (Lipinski definition) is 5. The van der Waals surface area contributed by atoms with Crippen molar-refractivity contribution >= 4 is 22.6 Å². The highest BCUT2D eigenvalue weighted by Crippen LogP contribution is 2.44. The summed E-state index contributed by atoms with van der Waals surface area (Å²) in [5.41, 5.74) is 3.02. The highest BCUT2D eigenvalue weighted by Gasteiger charge is 2.32. The van der Waals surface area contributed by atoms with Crippen molar-refractivity contribution in [2.24, 2.45) is 16.3 Å². The van der Waals surface area contributed by atoms with Gasteiger partial charge in [0.2, 0.25) is 0 Å². The Morgan fingerprint density at radius 1 is 1.41 bits per heavy atom. The van der Waals surface area contributed by atoms with Gasteiger partial charge in [0.25, 0.3) is 0 Å². The second-order valence-corrected chi connectivity index (χ2v) is 9.10. The molecule has 1 aromatic carbocycles. The van der Waals surface area contributed by atoms with Crippen LogP contribution in [0.15, 0.2) is 23.2 Å². The number of phenols is 1. The third-order valence-corrected chi connectivity index (χ3v) is 6.36. The minimum absolute atomic E-state index is 0.117. The van der Waals surface area contributed by atoms with E-state index in [0.717, 1.165) is 35.4 Å². The summed E-state index contributed by atoms with van der Waals surface area (Å²) in [5, 5.41) is 20.3. The lowest BCUT2D eigenvalue weighted by atomic mass is 9.72. The highest BCUT2D eigenvalue weighted by atomic mass is 32.1. The van der Waals surface area contributed by atoms with Crippen LogP contribution in [0.25, 0.3) is 0 Å². The zero-order chi connectivity index (χ0) is 19.6. The summed E-state index contributed by atoms with van der Waals surface area (Å²) < 4.78 is 5.42. The Balaban J connectivity index is 1.88. The Morgan fingerprint density at radius 2 is 2.19 bits per heavy atom. The van der Waals surface area contributed by atoms with Gasteiger partial charge in [-0.2, -0.15) is 5.26 Å². The number of thiophene rings is 1. The molecule has 0 fully saturated rings. The van der Waals surface area contributed by atoms with E-state index in [0.29, 0.717) is 18.3 Å². The van der Waals surface area contributed by atoms with Gasteiger partial charge in [-0.05, 0) is 66.8 Å². The Hall–Kier alpha value is -2.32. The molecule has 0 saturated carbocycles. The lowest BCUT2D eigenvalue weighted by molar-refractivity contribution is 0.218. The molecule has 0 unspecified atom stereocenters. The van der Waals surface area contributed by atoms with Gasteiger partial charge in [0.15, 0.2) is 11.5 Å². The van der Waals surface area contributed by atoms with E-state index in [4.69, 9.17) is 4.74 Å². The molecule has 0 aliphatic heterocycles. The molecular formula is C22H26N2O2S. The summed E-state index contributed by atoms with van der Waals surface area (Å²) in [4.78, 5) is 5.91. The second kappa shape index (κ2) is 7.74. The standard InChI is InChI=1S/C22H26N2O2S/c1-5-26-19-10-14(6-9-18(19)25)13-24-21-17(12-23)16-8-7-15(22(2,3)4)11-20(16)27-21/h6,9-10,13,15,25H,5,7-8,11H2,1-4H3/t15-/m0/s1. The van der Waals surface area contributed by atoms with Crippen molar-refractivity contribution in [2.75, 3.05) is 6.61 Å². The number of phenolic OH excluding ortho intramolecular Hbond substituents is 1. The Morgan fingerprint density at radius 3 is 2.85 bits per heavy atom. The van der Waals surface area contributed by atoms with E-state index in [-0.39, 0.29) is 11.2 Å². The van der Waals surface area contributed by atoms with E-state index in [1.54, 1.807) is 35.8 Å². The van der Waals surface area contributed by atoms with Crippen LogP contribution in [0, 0.1) is 22.7 Å². The number of benzene rings is 1. The molecule has 0 amide bonds. The van der Waals surface area contributed by atoms with E-state index in [1.165, 1.54) is 10.4 Å². The molecule has 4 nitrogen and oxygen atoms in total. The zero-order valence-electron chi connectivity index (χ0n) is 16.4. The van der Waals surface area contributed by atoms with E-state index < -0.39 is 0 Å². The van der Waals surface area contributed by atoms with Crippen LogP contribution in [0.5, 0.6) is 11.5 Å². The molecule has 1 heterocycles. The zero-order valence-corrected chi connectivity index (χ0v) is 17.2. The van der Waals surface area contributed by atoms with Crippen LogP contribution in [-0.2, 0) is 12.8 Å². The normalized spacial score (nSPS) is 16.9. The fourth-order valence-electron chi connectivity index (χ4n) is 3.53. The van der Waals surface area contributed by atoms with Gasteiger partial charge in [-0.3, -0.25) is 0 Å². The number of nitrogens with zero attached hydrogens (tertiary/aromatic N) is 2. The topological polar surface area (TPSA) is 65.6 Å². The first kappa shape index (κ1) is 19.4. The number of nitriles is 1. The largest absolute Gasteiger partial charge is 0.504 e. The maximum atomic E-state index is 9.82. The molecule has 5 heteroatoms. The van der Waals surface area contributed by atoms with E-state index in [2.05, 4.69) is 31.8 Å². The lowest BCUT2D eigenvalue weighted by Gasteiger charge is -2.33. The number of hydrogen-bond donors (Lipinski definition) is 1. The van der Waals surface area contributed by atoms with Gasteiger partial charge in [0.05, 0.1) is 12.2 Å². The molecule has 0 bridgehead atoms. The van der Waals surface area contributed by atoms with Crippen molar-refractivity contribution in [3.05, 3.63) is 39.8 Å². The first-order chi connectivity index (χ1) is 12.8. The van der Waals surface area contributed by atoms with E-state index in [1.807, 2.05) is 6.92 Å². The van der Waals surface area contributed by atoms with Crippen LogP contribution in [0.2, 0.25) is 0 Å². The monoisotopic (exact) mass is 382 g/mol. The van der Waals surface area contributed by atoms with Crippen LogP contribution in [0.4, 0.5) is 5.00 Å². The van der Waals surface area contributed by atoms with Crippen molar-refractivity contribution in [1.82, 2.24) is 0 Å². The quantitative estimate of drug-likeness (QED) is 0.697. The molecule has 1 atom stereocenters. The summed E-state index contributed by atoms with van der Waals surface area (Å²) in [7, 11) is 0. The highest BCUT2D eigenvalue weighted by molar-refractivity contribution is 7.16. The van der Waals surface area contributed by atoms with Gasteiger partial charge in [0.1, 0.15) is 11.1 Å². The summed E-state index contributed by atoms with van der Waals surface area (Å²) >= 11 is 1.64. The third kappa shape index (κ3) is 4.17. The van der Waals surface area contributed by atoms with Gasteiger partial charge < -0.3 is 9.84 Å². The predicted molar refractivity (Wildman–Crippen MR) is 111 cm³/mol. The van der Waals surface area contributed by atoms with Gasteiger partial charge in [-0.25, -0.2) is 4.99 Å². The molecule has 2 aromatic rings. The van der Waals surface area contributed by atoms with Crippen molar-refractivity contribution < 1.29 is 9.84 Å². The van der Waals surface area contributed by atoms with E-state index >= 15 is 0 Å². The average Bonchev–Trinajstić information content (AvgIpc) is 2.98. The van der Waals surface area contributed by atoms with Crippen molar-refractivity contribution in [3.63, 3.8) is 0 Å². The first-order valence-corrected chi connectivity index (χ1v) is 10.2. The van der Waals surface area contributed by atoms with Crippen LogP contribution in [-0.4, -0.2) is 17.9 Å². The van der Waals surface area contributed by atoms with Gasteiger partial charge in [0, 0.05) is 11.1 Å². The van der Waals surface area contributed by atoms with Gasteiger partial charge in [-0.15, -0.1) is 11.3 Å². The molecule has 1 aliphatic rings. The fraction of sp³-hybridized carbons (Fsp3) is 0.455. The maximum absolute atomic E-state index is 9.82. The number of ether oxygens (including phenoxy) is 1. The summed E-state index contributed by atoms with van der Waals surface area (Å²) in [6, 6.07) is 7.52. The third-order valence-electron chi connectivity index (χ3n) is 5.20. The summed E-state index contributed by atoms with van der Waals surface area (Å²) in [6.07, 6.45) is 4.85. The van der Waals surface area contributed by atoms with Gasteiger partial charge >= 0.3 is 0 Å². The molecule has 0 radical (unpaired) electrons. The van der Waals surface area contributed by atoms with Crippen molar-refractivity contribution in [2.45, 2.75) is 47.0 Å². The SMILES string of the molecule is CCOc1cc(C=Nc2sc3c(c2C#N)CC[C@H](C(C)(C)C)C3)ccc1O. The van der Waals surface area contributed by atoms with Crippen LogP contribution < -0.4 is 4.74 Å². The van der Waals surface area contributed by atoms with Gasteiger partial charge in [-0.1, -0.05) is 20.8 Å². The number of aromatic hydroxyl groups is 1. The molecule has 1 aromatic heterocycles. The molecule has 3 rings (SSSR count). The number of rotatable bonds is 4. The van der Waals surface area contributed by atoms with Crippen LogP contribution >= 0.6 is 11.3 Å². The van der Waals surface area contributed by atoms with Crippen LogP contribution in [0.1, 0.15) is 55.7 Å². The van der Waals surface area contributed by atoms with Crippen molar-refractivity contribution in [3.8, 4) is 17.6 Å². The number of aliphatic imine (C=N–C) groups is 1. The molecule has 1 N–H and O–H groups in total. The molecule has 0 spiro atoms. The minimum Gasteiger partial charge on any atom is -0.504 e. The molecule has 142 valence electrons. The lowest BCUT2D eigenvalue weighted by Crippen LogP contribution is -2.26. The second-order valence-electron chi connectivity index (χ2n) is 8.02. The fourth-order valence-corrected chi connectivity index (χ4v) is 4.75. The Labute approximate surface area is 165 Å². The first-order valence-electron chi connectivity index (χ1n) is 9.38. The predicted octanol–water partition coefficient (Wildman–Crippen LogP) is 5.63. The summed E-state index contributed by atoms with van der Waals surface area (Å²) in [5.74, 6) is 1.20. The number of fused-ring (bicyclic) bond motifs is 1. The average molecular weight is 383 g/mol. The Kier molecular flexibility index (Phi) is 5.57. The maximum Gasteiger partial charge on any atom is 0.161 e. The Bertz CT molecular complexity index is 900. The minimum atomic E-state index is 0.117. The van der Waals surface area contributed by atoms with Crippen molar-refractivity contribution in [1.29, 1.82) is 5.26 Å². The van der Waals surface area contributed by atoms with Crippen LogP contribution in [0.3, 0.4) is 0 Å². The molecule has 27 heavy (non-hydrogen) atoms. The summed E-state index contributed by atoms with van der Waals surface area (Å²) in [6.45, 7) is 9.24. The van der Waals surface area contributed by atoms with E-state index in [9.17, 15) is 10.4 Å². The molecular weight excluding hydrogens is 356 g/mol.